The van der Waals surface area contributed by atoms with Crippen LogP contribution in [-0.2, 0) is 17.6 Å². The van der Waals surface area contributed by atoms with Gasteiger partial charge in [-0.15, -0.1) is 0 Å². The molecule has 0 aromatic heterocycles. The molecule has 1 aromatic carbocycles. The van der Waals surface area contributed by atoms with Gasteiger partial charge in [0.2, 0.25) is 0 Å². The van der Waals surface area contributed by atoms with Gasteiger partial charge in [-0.3, -0.25) is 0 Å². The van der Waals surface area contributed by atoms with Crippen molar-refractivity contribution in [3.63, 3.8) is 0 Å². The summed E-state index contributed by atoms with van der Waals surface area (Å²) in [7, 11) is 0. The number of fused-ring (bicyclic) bond motifs is 2. The topological polar surface area (TPSA) is 87.0 Å². The molecule has 164 valence electrons. The number of hydrogen-bond acceptors (Lipinski definition) is 4. The van der Waals surface area contributed by atoms with Gasteiger partial charge in [0.1, 0.15) is 5.75 Å². The maximum absolute atomic E-state index is 10.8. The molecule has 5 heteroatoms. The third kappa shape index (κ3) is 5.95. The number of aliphatic hydroxyl groups is 2. The van der Waals surface area contributed by atoms with Gasteiger partial charge in [0.05, 0.1) is 12.2 Å². The zero-order valence-corrected chi connectivity index (χ0v) is 16.8. The average molecular weight is 407 g/mol. The average Bonchev–Trinajstić information content (AvgIpc) is 2.97. The number of benzene rings is 1. The summed E-state index contributed by atoms with van der Waals surface area (Å²) in [5, 5.41) is 29.8. The highest BCUT2D eigenvalue weighted by Gasteiger charge is 2.44. The Bertz CT molecular complexity index is 659. The molecule has 2 aliphatic carbocycles. The zero-order chi connectivity index (χ0) is 20.1. The van der Waals surface area contributed by atoms with Crippen LogP contribution >= 0.6 is 0 Å². The molecule has 0 unspecified atom stereocenters. The highest BCUT2D eigenvalue weighted by molar-refractivity contribution is 5.68. The van der Waals surface area contributed by atoms with Crippen molar-refractivity contribution < 1.29 is 24.9 Å². The molecular formula is C24H38O5. The van der Waals surface area contributed by atoms with Crippen molar-refractivity contribution in [3.8, 4) is 5.75 Å². The van der Waals surface area contributed by atoms with E-state index in [1.165, 1.54) is 5.56 Å². The minimum absolute atomic E-state index is 0. The van der Waals surface area contributed by atoms with Gasteiger partial charge in [0.25, 0.3) is 0 Å². The predicted octanol–water partition coefficient (Wildman–Crippen LogP) is 4.22. The summed E-state index contributed by atoms with van der Waals surface area (Å²) in [6.07, 6.45) is 7.85. The van der Waals surface area contributed by atoms with E-state index in [9.17, 15) is 15.0 Å². The first-order chi connectivity index (χ1) is 13.5. The van der Waals surface area contributed by atoms with Gasteiger partial charge in [-0.25, -0.2) is 4.79 Å². The van der Waals surface area contributed by atoms with Crippen molar-refractivity contribution in [3.05, 3.63) is 29.3 Å². The number of carboxylic acids is 1. The molecule has 2 aliphatic rings. The van der Waals surface area contributed by atoms with Crippen LogP contribution in [0, 0.1) is 17.8 Å². The Hall–Kier alpha value is -1.59. The van der Waals surface area contributed by atoms with Gasteiger partial charge in [-0.1, -0.05) is 45.7 Å². The van der Waals surface area contributed by atoms with Gasteiger partial charge in [0, 0.05) is 0 Å². The summed E-state index contributed by atoms with van der Waals surface area (Å²) in [5.74, 6) is 0.768. The molecule has 0 saturated heterocycles. The van der Waals surface area contributed by atoms with Crippen molar-refractivity contribution in [2.75, 3.05) is 6.61 Å². The number of carboxylic acid groups (broad SMARTS) is 1. The second kappa shape index (κ2) is 11.0. The van der Waals surface area contributed by atoms with Gasteiger partial charge >= 0.3 is 5.97 Å². The van der Waals surface area contributed by atoms with Crippen LogP contribution in [-0.4, -0.2) is 40.1 Å². The second-order valence-electron chi connectivity index (χ2n) is 8.60. The van der Waals surface area contributed by atoms with Crippen molar-refractivity contribution in [1.29, 1.82) is 0 Å². The number of aliphatic carboxylic acids is 1. The van der Waals surface area contributed by atoms with E-state index < -0.39 is 5.97 Å². The Labute approximate surface area is 175 Å². The highest BCUT2D eigenvalue weighted by Crippen LogP contribution is 2.48. The van der Waals surface area contributed by atoms with E-state index in [1.807, 2.05) is 12.1 Å². The molecule has 29 heavy (non-hydrogen) atoms. The molecule has 0 aliphatic heterocycles. The molecule has 0 bridgehead atoms. The van der Waals surface area contributed by atoms with Crippen LogP contribution in [0.4, 0.5) is 0 Å². The largest absolute Gasteiger partial charge is 0.482 e. The predicted molar refractivity (Wildman–Crippen MR) is 114 cm³/mol. The summed E-state index contributed by atoms with van der Waals surface area (Å²) in [4.78, 5) is 10.8. The van der Waals surface area contributed by atoms with Crippen LogP contribution in [0.1, 0.15) is 70.4 Å². The first-order valence-corrected chi connectivity index (χ1v) is 10.8. The molecule has 3 rings (SSSR count). The van der Waals surface area contributed by atoms with Crippen molar-refractivity contribution in [1.82, 2.24) is 0 Å². The van der Waals surface area contributed by atoms with E-state index in [-0.39, 0.29) is 32.2 Å². The summed E-state index contributed by atoms with van der Waals surface area (Å²) in [6, 6.07) is 5.87. The second-order valence-corrected chi connectivity index (χ2v) is 8.60. The fourth-order valence-corrected chi connectivity index (χ4v) is 5.24. The van der Waals surface area contributed by atoms with E-state index >= 15 is 0 Å². The normalized spacial score (nSPS) is 26.2. The summed E-state index contributed by atoms with van der Waals surface area (Å²) in [6.45, 7) is 1.84. The quantitative estimate of drug-likeness (QED) is 0.507. The fourth-order valence-electron chi connectivity index (χ4n) is 5.24. The minimum Gasteiger partial charge on any atom is -0.482 e. The fraction of sp³-hybridized carbons (Fsp3) is 0.708. The number of ether oxygens (including phenoxy) is 1. The Kier molecular flexibility index (Phi) is 8.97. The maximum atomic E-state index is 10.8. The van der Waals surface area contributed by atoms with E-state index in [4.69, 9.17) is 9.84 Å². The molecule has 3 N–H and O–H groups in total. The summed E-state index contributed by atoms with van der Waals surface area (Å²) in [5.41, 5.74) is 2.32. The molecule has 0 radical (unpaired) electrons. The Morgan fingerprint density at radius 1 is 1.24 bits per heavy atom. The van der Waals surface area contributed by atoms with Crippen LogP contribution in [0.5, 0.6) is 5.75 Å². The van der Waals surface area contributed by atoms with Gasteiger partial charge in [-0.05, 0) is 73.5 Å². The van der Waals surface area contributed by atoms with Crippen LogP contribution in [0.3, 0.4) is 0 Å². The zero-order valence-electron chi connectivity index (χ0n) is 16.8. The lowest BCUT2D eigenvalue weighted by atomic mass is 9.73. The van der Waals surface area contributed by atoms with E-state index in [0.29, 0.717) is 17.6 Å². The molecule has 5 nitrogen and oxygen atoms in total. The van der Waals surface area contributed by atoms with Gasteiger partial charge in [0.15, 0.2) is 6.61 Å². The van der Waals surface area contributed by atoms with Crippen LogP contribution in [0.15, 0.2) is 18.2 Å². The first-order valence-electron chi connectivity index (χ1n) is 10.8. The third-order valence-corrected chi connectivity index (χ3v) is 6.67. The number of carbonyl (C=O) groups is 1. The number of unbranched alkanes of at least 4 members (excludes halogenated alkanes) is 2. The lowest BCUT2D eigenvalue weighted by Gasteiger charge is -2.32. The summed E-state index contributed by atoms with van der Waals surface area (Å²) < 4.78 is 5.50. The van der Waals surface area contributed by atoms with E-state index in [2.05, 4.69) is 13.0 Å². The molecule has 5 atom stereocenters. The van der Waals surface area contributed by atoms with Gasteiger partial charge in [-0.2, -0.15) is 0 Å². The first kappa shape index (κ1) is 23.7. The van der Waals surface area contributed by atoms with Crippen LogP contribution in [0.25, 0.3) is 0 Å². The number of rotatable bonds is 10. The van der Waals surface area contributed by atoms with Crippen molar-refractivity contribution >= 4 is 5.97 Å². The molecule has 0 spiro atoms. The van der Waals surface area contributed by atoms with E-state index in [0.717, 1.165) is 63.4 Å². The molecule has 1 saturated carbocycles. The molecule has 1 fully saturated rings. The minimum atomic E-state index is -0.972. The molecular weight excluding hydrogens is 368 g/mol. The van der Waals surface area contributed by atoms with Gasteiger partial charge < -0.3 is 20.1 Å². The SMILES string of the molecule is C.CCCCC[C@H](O)CC[C@@H]1[C@H]2Cc3cccc(OCC(=O)O)c3C[C@H]2C[C@H]1O. The van der Waals surface area contributed by atoms with E-state index in [1.54, 1.807) is 0 Å². The lowest BCUT2D eigenvalue weighted by Crippen LogP contribution is -2.28. The number of hydrogen-bond donors (Lipinski definition) is 3. The molecule has 0 heterocycles. The van der Waals surface area contributed by atoms with Crippen molar-refractivity contribution in [2.45, 2.75) is 84.3 Å². The standard InChI is InChI=1S/C23H34O5.CH4/c1-2-3-4-7-17(24)9-10-18-19-11-15-6-5-8-22(28-14-23(26)27)20(15)12-16(19)13-21(18)25;/h5-6,8,16-19,21,24-25H,2-4,7,9-14H2,1H3,(H,26,27);1H4/t16-,17-,18+,19-,21+;/m0./s1. The third-order valence-electron chi connectivity index (χ3n) is 6.67. The number of aliphatic hydroxyl groups excluding tert-OH is 2. The van der Waals surface area contributed by atoms with Crippen LogP contribution < -0.4 is 4.74 Å². The highest BCUT2D eigenvalue weighted by atomic mass is 16.5. The maximum Gasteiger partial charge on any atom is 0.341 e. The monoisotopic (exact) mass is 406 g/mol. The Morgan fingerprint density at radius 3 is 2.76 bits per heavy atom. The van der Waals surface area contributed by atoms with Crippen molar-refractivity contribution in [2.24, 2.45) is 17.8 Å². The Morgan fingerprint density at radius 2 is 2.03 bits per heavy atom. The molecule has 1 aromatic rings. The summed E-state index contributed by atoms with van der Waals surface area (Å²) >= 11 is 0. The van der Waals surface area contributed by atoms with Crippen LogP contribution in [0.2, 0.25) is 0 Å². The molecule has 0 amide bonds. The lowest BCUT2D eigenvalue weighted by molar-refractivity contribution is -0.139. The Balaban J connectivity index is 0.00000300. The smallest absolute Gasteiger partial charge is 0.341 e.